The molecule has 1 atom stereocenters. The van der Waals surface area contributed by atoms with Crippen LogP contribution in [0.25, 0.3) is 0 Å². The third-order valence-corrected chi connectivity index (χ3v) is 3.55. The van der Waals surface area contributed by atoms with E-state index in [0.717, 1.165) is 25.7 Å². The number of hydrogen-bond donors (Lipinski definition) is 3. The molecule has 0 heterocycles. The highest BCUT2D eigenvalue weighted by atomic mass is 16.5. The largest absolute Gasteiger partial charge is 0.468 e. The summed E-state index contributed by atoms with van der Waals surface area (Å²) < 4.78 is 4.66. The van der Waals surface area contributed by atoms with E-state index in [1.807, 2.05) is 13.8 Å². The lowest BCUT2D eigenvalue weighted by atomic mass is 10.0. The lowest BCUT2D eigenvalue weighted by Gasteiger charge is -2.19. The molecule has 1 fully saturated rings. The zero-order valence-corrected chi connectivity index (χ0v) is 12.9. The molecular formula is C14H25N3O4. The van der Waals surface area contributed by atoms with Gasteiger partial charge in [-0.3, -0.25) is 20.2 Å². The molecule has 7 nitrogen and oxygen atoms in total. The molecule has 1 aliphatic rings. The van der Waals surface area contributed by atoms with Crippen LogP contribution in [0.2, 0.25) is 0 Å². The maximum Gasteiger partial charge on any atom is 0.323 e. The van der Waals surface area contributed by atoms with Gasteiger partial charge in [-0.2, -0.15) is 0 Å². The van der Waals surface area contributed by atoms with E-state index in [1.54, 1.807) is 0 Å². The summed E-state index contributed by atoms with van der Waals surface area (Å²) in [7, 11) is 1.30. The van der Waals surface area contributed by atoms with E-state index in [0.29, 0.717) is 0 Å². The Morgan fingerprint density at radius 2 is 1.81 bits per heavy atom. The van der Waals surface area contributed by atoms with Gasteiger partial charge in [0.15, 0.2) is 0 Å². The number of carbonyl (C=O) groups is 3. The van der Waals surface area contributed by atoms with Crippen molar-refractivity contribution in [2.45, 2.75) is 51.6 Å². The number of esters is 1. The molecule has 0 aromatic rings. The van der Waals surface area contributed by atoms with E-state index in [9.17, 15) is 14.4 Å². The minimum Gasteiger partial charge on any atom is -0.468 e. The van der Waals surface area contributed by atoms with Gasteiger partial charge in [-0.05, 0) is 18.8 Å². The number of carbonyl (C=O) groups excluding carboxylic acids is 3. The second-order valence-corrected chi connectivity index (χ2v) is 5.63. The number of rotatable bonds is 6. The van der Waals surface area contributed by atoms with Gasteiger partial charge in [-0.25, -0.2) is 4.79 Å². The Morgan fingerprint density at radius 3 is 2.33 bits per heavy atom. The van der Waals surface area contributed by atoms with Crippen LogP contribution < -0.4 is 16.0 Å². The van der Waals surface area contributed by atoms with E-state index in [2.05, 4.69) is 20.7 Å². The first kappa shape index (κ1) is 17.4. The Kier molecular flexibility index (Phi) is 7.14. The van der Waals surface area contributed by atoms with Crippen molar-refractivity contribution >= 4 is 17.9 Å². The van der Waals surface area contributed by atoms with Crippen LogP contribution in [0.4, 0.5) is 4.79 Å². The van der Waals surface area contributed by atoms with E-state index < -0.39 is 23.9 Å². The fourth-order valence-electron chi connectivity index (χ4n) is 2.38. The van der Waals surface area contributed by atoms with Crippen LogP contribution in [-0.2, 0) is 14.3 Å². The number of nitrogens with one attached hydrogen (secondary N) is 3. The SMILES string of the molecule is COC(=O)C(NCC(=O)NC(=O)NC1CCCC1)C(C)C. The molecule has 0 saturated heterocycles. The second kappa shape index (κ2) is 8.61. The molecule has 7 heteroatoms. The molecule has 0 aromatic heterocycles. The summed E-state index contributed by atoms with van der Waals surface area (Å²) in [5.41, 5.74) is 0. The van der Waals surface area contributed by atoms with Crippen LogP contribution in [0, 0.1) is 5.92 Å². The molecule has 0 bridgehead atoms. The van der Waals surface area contributed by atoms with E-state index in [1.165, 1.54) is 7.11 Å². The zero-order valence-electron chi connectivity index (χ0n) is 12.9. The zero-order chi connectivity index (χ0) is 15.8. The lowest BCUT2D eigenvalue weighted by Crippen LogP contribution is -2.50. The predicted molar refractivity (Wildman–Crippen MR) is 77.6 cm³/mol. The first-order valence-corrected chi connectivity index (χ1v) is 7.35. The number of methoxy groups -OCH3 is 1. The third-order valence-electron chi connectivity index (χ3n) is 3.55. The van der Waals surface area contributed by atoms with Crippen LogP contribution in [-0.4, -0.2) is 43.6 Å². The average Bonchev–Trinajstić information content (AvgIpc) is 2.90. The Morgan fingerprint density at radius 1 is 1.19 bits per heavy atom. The molecule has 1 rings (SSSR count). The van der Waals surface area contributed by atoms with E-state index in [4.69, 9.17) is 0 Å². The fraction of sp³-hybridized carbons (Fsp3) is 0.786. The van der Waals surface area contributed by atoms with Gasteiger partial charge in [-0.1, -0.05) is 26.7 Å². The Labute approximate surface area is 125 Å². The number of ether oxygens (including phenoxy) is 1. The van der Waals surface area contributed by atoms with Gasteiger partial charge in [0, 0.05) is 6.04 Å². The van der Waals surface area contributed by atoms with E-state index in [-0.39, 0.29) is 18.5 Å². The molecule has 21 heavy (non-hydrogen) atoms. The maximum atomic E-state index is 11.7. The van der Waals surface area contributed by atoms with Crippen molar-refractivity contribution in [3.8, 4) is 0 Å². The van der Waals surface area contributed by atoms with Crippen molar-refractivity contribution in [1.29, 1.82) is 0 Å². The monoisotopic (exact) mass is 299 g/mol. The van der Waals surface area contributed by atoms with Gasteiger partial charge in [0.2, 0.25) is 5.91 Å². The van der Waals surface area contributed by atoms with Crippen molar-refractivity contribution in [2.24, 2.45) is 5.92 Å². The molecule has 0 spiro atoms. The van der Waals surface area contributed by atoms with Crippen LogP contribution in [0.5, 0.6) is 0 Å². The first-order chi connectivity index (χ1) is 9.93. The van der Waals surface area contributed by atoms with Crippen LogP contribution >= 0.6 is 0 Å². The van der Waals surface area contributed by atoms with Crippen LogP contribution in [0.3, 0.4) is 0 Å². The Bertz CT molecular complexity index is 378. The van der Waals surface area contributed by atoms with Crippen molar-refractivity contribution < 1.29 is 19.1 Å². The van der Waals surface area contributed by atoms with Gasteiger partial charge in [-0.15, -0.1) is 0 Å². The first-order valence-electron chi connectivity index (χ1n) is 7.35. The molecule has 0 aromatic carbocycles. The summed E-state index contributed by atoms with van der Waals surface area (Å²) in [4.78, 5) is 34.8. The second-order valence-electron chi connectivity index (χ2n) is 5.63. The number of imide groups is 1. The number of urea groups is 1. The average molecular weight is 299 g/mol. The normalized spacial score (nSPS) is 16.6. The smallest absolute Gasteiger partial charge is 0.323 e. The van der Waals surface area contributed by atoms with Crippen molar-refractivity contribution in [2.75, 3.05) is 13.7 Å². The number of hydrogen-bond acceptors (Lipinski definition) is 5. The van der Waals surface area contributed by atoms with Crippen molar-refractivity contribution in [3.63, 3.8) is 0 Å². The Hall–Kier alpha value is -1.63. The molecular weight excluding hydrogens is 274 g/mol. The molecule has 1 saturated carbocycles. The lowest BCUT2D eigenvalue weighted by molar-refractivity contribution is -0.144. The molecule has 3 amide bonds. The van der Waals surface area contributed by atoms with Crippen LogP contribution in [0.15, 0.2) is 0 Å². The van der Waals surface area contributed by atoms with Crippen molar-refractivity contribution in [3.05, 3.63) is 0 Å². The summed E-state index contributed by atoms with van der Waals surface area (Å²) >= 11 is 0. The van der Waals surface area contributed by atoms with Crippen LogP contribution in [0.1, 0.15) is 39.5 Å². The van der Waals surface area contributed by atoms with Gasteiger partial charge >= 0.3 is 12.0 Å². The molecule has 120 valence electrons. The topological polar surface area (TPSA) is 96.5 Å². The minimum atomic E-state index is -0.571. The standard InChI is InChI=1S/C14H25N3O4/c1-9(2)12(13(19)21-3)15-8-11(18)17-14(20)16-10-6-4-5-7-10/h9-10,12,15H,4-8H2,1-3H3,(H2,16,17,18,20). The van der Waals surface area contributed by atoms with Gasteiger partial charge in [0.1, 0.15) is 6.04 Å². The van der Waals surface area contributed by atoms with E-state index >= 15 is 0 Å². The maximum absolute atomic E-state index is 11.7. The van der Waals surface area contributed by atoms with Gasteiger partial charge < -0.3 is 10.1 Å². The van der Waals surface area contributed by atoms with Gasteiger partial charge in [0.05, 0.1) is 13.7 Å². The molecule has 1 aliphatic carbocycles. The summed E-state index contributed by atoms with van der Waals surface area (Å²) in [5.74, 6) is -0.911. The van der Waals surface area contributed by atoms with Crippen molar-refractivity contribution in [1.82, 2.24) is 16.0 Å². The minimum absolute atomic E-state index is 0.0161. The molecule has 0 aliphatic heterocycles. The quantitative estimate of drug-likeness (QED) is 0.622. The highest BCUT2D eigenvalue weighted by molar-refractivity contribution is 5.95. The number of amides is 3. The molecule has 3 N–H and O–H groups in total. The highest BCUT2D eigenvalue weighted by Gasteiger charge is 2.24. The van der Waals surface area contributed by atoms with Gasteiger partial charge in [0.25, 0.3) is 0 Å². The summed E-state index contributed by atoms with van der Waals surface area (Å²) in [6.07, 6.45) is 4.13. The summed E-state index contributed by atoms with van der Waals surface area (Å²) in [6, 6.07) is -0.893. The predicted octanol–water partition coefficient (Wildman–Crippen LogP) is 0.542. The third kappa shape index (κ3) is 6.12. The fourth-order valence-corrected chi connectivity index (χ4v) is 2.38. The summed E-state index contributed by atoms with van der Waals surface area (Å²) in [5, 5.41) is 7.82. The molecule has 1 unspecified atom stereocenters. The Balaban J connectivity index is 2.31. The molecule has 0 radical (unpaired) electrons. The highest BCUT2D eigenvalue weighted by Crippen LogP contribution is 2.17. The summed E-state index contributed by atoms with van der Waals surface area (Å²) in [6.45, 7) is 3.58.